The predicted octanol–water partition coefficient (Wildman–Crippen LogP) is 0.639. The van der Waals surface area contributed by atoms with Crippen LogP contribution in [0.5, 0.6) is 0 Å². The van der Waals surface area contributed by atoms with E-state index in [1.54, 1.807) is 0 Å². The Hall–Kier alpha value is -0.0800. The van der Waals surface area contributed by atoms with Crippen molar-refractivity contribution in [3.05, 3.63) is 0 Å². The van der Waals surface area contributed by atoms with Gasteiger partial charge >= 0.3 is 0 Å². The molecule has 10 heavy (non-hydrogen) atoms. The van der Waals surface area contributed by atoms with E-state index in [0.29, 0.717) is 5.92 Å². The van der Waals surface area contributed by atoms with Crippen molar-refractivity contribution < 1.29 is 5.11 Å². The van der Waals surface area contributed by atoms with Gasteiger partial charge in [-0.25, -0.2) is 0 Å². The Morgan fingerprint density at radius 3 is 2.20 bits per heavy atom. The van der Waals surface area contributed by atoms with E-state index in [1.807, 2.05) is 0 Å². The van der Waals surface area contributed by atoms with Crippen molar-refractivity contribution in [2.45, 2.75) is 43.7 Å². The van der Waals surface area contributed by atoms with Crippen molar-refractivity contribution in [1.82, 2.24) is 0 Å². The maximum Gasteiger partial charge on any atom is 0.0585 e. The molecule has 2 bridgehead atoms. The molecule has 0 radical (unpaired) electrons. The molecule has 3 aliphatic rings. The molecule has 58 valence electrons. The van der Waals surface area contributed by atoms with Gasteiger partial charge in [0.25, 0.3) is 0 Å². The maximum absolute atomic E-state index is 9.48. The molecule has 1 unspecified atom stereocenters. The first-order valence-electron chi connectivity index (χ1n) is 4.17. The van der Waals surface area contributed by atoms with Crippen LogP contribution in [-0.4, -0.2) is 16.7 Å². The minimum Gasteiger partial charge on any atom is -0.393 e. The number of rotatable bonds is 0. The van der Waals surface area contributed by atoms with E-state index in [0.717, 1.165) is 32.1 Å². The molecule has 0 amide bonds. The lowest BCUT2D eigenvalue weighted by atomic mass is 9.65. The minimum absolute atomic E-state index is 0.00810. The molecule has 3 rings (SSSR count). The molecule has 3 N–H and O–H groups in total. The highest BCUT2D eigenvalue weighted by molar-refractivity contribution is 4.99. The summed E-state index contributed by atoms with van der Waals surface area (Å²) < 4.78 is 0. The SMILES string of the molecule is NC12CCC(CC1)C(O)C2. The molecule has 0 heterocycles. The van der Waals surface area contributed by atoms with Gasteiger partial charge in [-0.2, -0.15) is 0 Å². The second-order valence-electron chi connectivity index (χ2n) is 3.97. The summed E-state index contributed by atoms with van der Waals surface area (Å²) >= 11 is 0. The molecule has 2 nitrogen and oxygen atoms in total. The molecule has 3 aliphatic carbocycles. The van der Waals surface area contributed by atoms with Crippen LogP contribution in [-0.2, 0) is 0 Å². The van der Waals surface area contributed by atoms with Crippen LogP contribution in [0.3, 0.4) is 0 Å². The van der Waals surface area contributed by atoms with Gasteiger partial charge in [0, 0.05) is 5.54 Å². The first-order valence-corrected chi connectivity index (χ1v) is 4.17. The third kappa shape index (κ3) is 0.867. The quantitative estimate of drug-likeness (QED) is 0.520. The smallest absolute Gasteiger partial charge is 0.0585 e. The topological polar surface area (TPSA) is 46.2 Å². The largest absolute Gasteiger partial charge is 0.393 e. The summed E-state index contributed by atoms with van der Waals surface area (Å²) in [6, 6.07) is 0. The predicted molar refractivity (Wildman–Crippen MR) is 39.5 cm³/mol. The summed E-state index contributed by atoms with van der Waals surface area (Å²) in [5, 5.41) is 9.48. The van der Waals surface area contributed by atoms with E-state index in [2.05, 4.69) is 0 Å². The lowest BCUT2D eigenvalue weighted by Gasteiger charge is -2.46. The number of aliphatic hydroxyl groups is 1. The van der Waals surface area contributed by atoms with Crippen LogP contribution in [0.1, 0.15) is 32.1 Å². The summed E-state index contributed by atoms with van der Waals surface area (Å²) in [6.07, 6.45) is 5.32. The fraction of sp³-hybridized carbons (Fsp3) is 1.00. The van der Waals surface area contributed by atoms with Crippen molar-refractivity contribution in [3.63, 3.8) is 0 Å². The fourth-order valence-corrected chi connectivity index (χ4v) is 2.39. The van der Waals surface area contributed by atoms with Crippen molar-refractivity contribution in [2.75, 3.05) is 0 Å². The maximum atomic E-state index is 9.48. The van der Waals surface area contributed by atoms with Gasteiger partial charge in [-0.1, -0.05) is 0 Å². The Morgan fingerprint density at radius 2 is 1.90 bits per heavy atom. The highest BCUT2D eigenvalue weighted by Gasteiger charge is 2.42. The molecule has 0 saturated heterocycles. The zero-order valence-corrected chi connectivity index (χ0v) is 6.21. The van der Waals surface area contributed by atoms with Gasteiger partial charge in [0.15, 0.2) is 0 Å². The van der Waals surface area contributed by atoms with Crippen molar-refractivity contribution in [3.8, 4) is 0 Å². The summed E-state index contributed by atoms with van der Waals surface area (Å²) in [7, 11) is 0. The molecule has 0 aromatic carbocycles. The molecule has 0 aromatic heterocycles. The molecule has 2 heteroatoms. The number of nitrogens with two attached hydrogens (primary N) is 1. The van der Waals surface area contributed by atoms with E-state index in [9.17, 15) is 5.11 Å². The minimum atomic E-state index is -0.0903. The summed E-state index contributed by atoms with van der Waals surface area (Å²) in [4.78, 5) is 0. The third-order valence-corrected chi connectivity index (χ3v) is 3.19. The number of hydrogen-bond donors (Lipinski definition) is 2. The Morgan fingerprint density at radius 1 is 1.30 bits per heavy atom. The second-order valence-corrected chi connectivity index (χ2v) is 3.97. The molecule has 0 spiro atoms. The van der Waals surface area contributed by atoms with Crippen LogP contribution in [0.4, 0.5) is 0 Å². The summed E-state index contributed by atoms with van der Waals surface area (Å²) in [5.74, 6) is 0.574. The highest BCUT2D eigenvalue weighted by Crippen LogP contribution is 2.42. The van der Waals surface area contributed by atoms with E-state index in [4.69, 9.17) is 5.73 Å². The normalized spacial score (nSPS) is 53.4. The van der Waals surface area contributed by atoms with Crippen molar-refractivity contribution >= 4 is 0 Å². The zero-order chi connectivity index (χ0) is 7.19. The Labute approximate surface area is 61.4 Å². The van der Waals surface area contributed by atoms with Crippen LogP contribution < -0.4 is 5.73 Å². The van der Waals surface area contributed by atoms with E-state index < -0.39 is 0 Å². The first kappa shape index (κ1) is 6.62. The van der Waals surface area contributed by atoms with E-state index >= 15 is 0 Å². The van der Waals surface area contributed by atoms with Crippen molar-refractivity contribution in [1.29, 1.82) is 0 Å². The van der Waals surface area contributed by atoms with Gasteiger partial charge in [-0.05, 0) is 38.0 Å². The van der Waals surface area contributed by atoms with E-state index in [1.165, 1.54) is 0 Å². The number of hydrogen-bond acceptors (Lipinski definition) is 2. The average Bonchev–Trinajstić information content (AvgIpc) is 1.87. The molecular formula is C8H15NO. The van der Waals surface area contributed by atoms with Gasteiger partial charge in [0.1, 0.15) is 0 Å². The average molecular weight is 141 g/mol. The van der Waals surface area contributed by atoms with E-state index in [-0.39, 0.29) is 11.6 Å². The van der Waals surface area contributed by atoms with Crippen LogP contribution in [0.2, 0.25) is 0 Å². The summed E-state index contributed by atoms with van der Waals surface area (Å²) in [6.45, 7) is 0. The molecule has 0 aliphatic heterocycles. The second kappa shape index (κ2) is 1.95. The van der Waals surface area contributed by atoms with Gasteiger partial charge in [-0.3, -0.25) is 0 Å². The van der Waals surface area contributed by atoms with Crippen molar-refractivity contribution in [2.24, 2.45) is 11.7 Å². The zero-order valence-electron chi connectivity index (χ0n) is 6.21. The van der Waals surface area contributed by atoms with Gasteiger partial charge in [0.05, 0.1) is 6.10 Å². The standard InChI is InChI=1S/C8H15NO/c9-8-3-1-6(2-4-8)7(10)5-8/h6-7,10H,1-5,9H2. The lowest BCUT2D eigenvalue weighted by molar-refractivity contribution is -0.0109. The Bertz CT molecular complexity index is 138. The number of fused-ring (bicyclic) bond motifs is 3. The first-order chi connectivity index (χ1) is 4.70. The van der Waals surface area contributed by atoms with Gasteiger partial charge in [-0.15, -0.1) is 0 Å². The number of aliphatic hydroxyl groups excluding tert-OH is 1. The third-order valence-electron chi connectivity index (χ3n) is 3.19. The fourth-order valence-electron chi connectivity index (χ4n) is 2.39. The van der Waals surface area contributed by atoms with Gasteiger partial charge in [0.2, 0.25) is 0 Å². The molecule has 3 fully saturated rings. The molecule has 1 atom stereocenters. The van der Waals surface area contributed by atoms with Crippen LogP contribution in [0, 0.1) is 5.92 Å². The highest BCUT2D eigenvalue weighted by atomic mass is 16.3. The Kier molecular flexibility index (Phi) is 1.29. The molecular weight excluding hydrogens is 126 g/mol. The van der Waals surface area contributed by atoms with Crippen LogP contribution in [0.25, 0.3) is 0 Å². The molecule has 3 saturated carbocycles. The summed E-state index contributed by atoms with van der Waals surface area (Å²) in [5.41, 5.74) is 6.03. The van der Waals surface area contributed by atoms with Gasteiger partial charge < -0.3 is 10.8 Å². The molecule has 0 aromatic rings. The van der Waals surface area contributed by atoms with Crippen LogP contribution >= 0.6 is 0 Å². The monoisotopic (exact) mass is 141 g/mol. The van der Waals surface area contributed by atoms with Crippen LogP contribution in [0.15, 0.2) is 0 Å². The lowest BCUT2D eigenvalue weighted by Crippen LogP contribution is -2.53. The Balaban J connectivity index is 2.14.